The predicted octanol–water partition coefficient (Wildman–Crippen LogP) is 1.62. The molecule has 15 heavy (non-hydrogen) atoms. The molecule has 1 aromatic carbocycles. The summed E-state index contributed by atoms with van der Waals surface area (Å²) in [6.07, 6.45) is 0. The van der Waals surface area contributed by atoms with Crippen LogP contribution in [0, 0.1) is 11.6 Å². The van der Waals surface area contributed by atoms with E-state index in [-0.39, 0.29) is 10.8 Å². The average Bonchev–Trinajstić information content (AvgIpc) is 2.23. The van der Waals surface area contributed by atoms with Crippen LogP contribution in [0.4, 0.5) is 8.78 Å². The number of methoxy groups -OCH3 is 1. The van der Waals surface area contributed by atoms with Crippen molar-refractivity contribution in [3.05, 3.63) is 28.3 Å². The van der Waals surface area contributed by atoms with E-state index in [9.17, 15) is 8.78 Å². The zero-order valence-electron chi connectivity index (χ0n) is 7.93. The molecule has 0 aliphatic rings. The number of ether oxygens (including phenoxy) is 1. The van der Waals surface area contributed by atoms with Gasteiger partial charge in [0.15, 0.2) is 5.82 Å². The van der Waals surface area contributed by atoms with Crippen LogP contribution < -0.4 is 10.5 Å². The molecular formula is C9H10ClF2NO2. The van der Waals surface area contributed by atoms with Crippen LogP contribution in [0.5, 0.6) is 5.75 Å². The van der Waals surface area contributed by atoms with E-state index in [1.807, 2.05) is 0 Å². The number of rotatable bonds is 3. The molecule has 0 bridgehead atoms. The SMILES string of the molecule is COc1cc(F)c(C(N)CO)c(F)c1Cl. The van der Waals surface area contributed by atoms with Gasteiger partial charge in [0, 0.05) is 11.6 Å². The molecule has 1 aromatic rings. The third-order valence-electron chi connectivity index (χ3n) is 1.95. The van der Waals surface area contributed by atoms with Gasteiger partial charge >= 0.3 is 0 Å². The van der Waals surface area contributed by atoms with Gasteiger partial charge in [-0.3, -0.25) is 0 Å². The molecule has 0 amide bonds. The zero-order chi connectivity index (χ0) is 11.6. The van der Waals surface area contributed by atoms with E-state index in [1.54, 1.807) is 0 Å². The van der Waals surface area contributed by atoms with Crippen molar-refractivity contribution in [2.45, 2.75) is 6.04 Å². The van der Waals surface area contributed by atoms with Crippen LogP contribution in [0.3, 0.4) is 0 Å². The summed E-state index contributed by atoms with van der Waals surface area (Å²) >= 11 is 5.57. The standard InChI is InChI=1S/C9H10ClF2NO2/c1-15-6-2-4(11)7(5(13)3-14)9(12)8(6)10/h2,5,14H,3,13H2,1H3. The minimum atomic E-state index is -1.14. The first kappa shape index (κ1) is 12.2. The van der Waals surface area contributed by atoms with Gasteiger partial charge in [0.1, 0.15) is 16.6 Å². The zero-order valence-corrected chi connectivity index (χ0v) is 8.68. The van der Waals surface area contributed by atoms with Gasteiger partial charge in [-0.2, -0.15) is 0 Å². The summed E-state index contributed by atoms with van der Waals surface area (Å²) in [5, 5.41) is 8.37. The Balaban J connectivity index is 3.35. The molecule has 6 heteroatoms. The van der Waals surface area contributed by atoms with Gasteiger partial charge in [0.25, 0.3) is 0 Å². The number of hydrogen-bond acceptors (Lipinski definition) is 3. The molecule has 3 N–H and O–H groups in total. The third-order valence-corrected chi connectivity index (χ3v) is 2.30. The molecule has 1 atom stereocenters. The quantitative estimate of drug-likeness (QED) is 0.786. The topological polar surface area (TPSA) is 55.5 Å². The Morgan fingerprint density at radius 2 is 2.20 bits per heavy atom. The monoisotopic (exact) mass is 237 g/mol. The average molecular weight is 238 g/mol. The van der Waals surface area contributed by atoms with Gasteiger partial charge in [0.2, 0.25) is 0 Å². The van der Waals surface area contributed by atoms with Crippen molar-refractivity contribution >= 4 is 11.6 Å². The van der Waals surface area contributed by atoms with Crippen molar-refractivity contribution in [3.8, 4) is 5.75 Å². The maximum atomic E-state index is 13.5. The number of aliphatic hydroxyl groups excluding tert-OH is 1. The highest BCUT2D eigenvalue weighted by atomic mass is 35.5. The van der Waals surface area contributed by atoms with Crippen molar-refractivity contribution in [1.29, 1.82) is 0 Å². The van der Waals surface area contributed by atoms with Gasteiger partial charge in [-0.25, -0.2) is 8.78 Å². The molecule has 84 valence electrons. The Hall–Kier alpha value is -0.910. The molecule has 0 spiro atoms. The van der Waals surface area contributed by atoms with Crippen LogP contribution in [0.2, 0.25) is 5.02 Å². The van der Waals surface area contributed by atoms with Gasteiger partial charge < -0.3 is 15.6 Å². The van der Waals surface area contributed by atoms with Crippen molar-refractivity contribution < 1.29 is 18.6 Å². The first-order chi connectivity index (χ1) is 7.02. The van der Waals surface area contributed by atoms with Crippen LogP contribution in [0.1, 0.15) is 11.6 Å². The molecule has 0 saturated heterocycles. The van der Waals surface area contributed by atoms with Crippen LogP contribution in [0.25, 0.3) is 0 Å². The van der Waals surface area contributed by atoms with E-state index < -0.39 is 29.8 Å². The first-order valence-electron chi connectivity index (χ1n) is 4.10. The fourth-order valence-electron chi connectivity index (χ4n) is 1.17. The lowest BCUT2D eigenvalue weighted by molar-refractivity contribution is 0.262. The van der Waals surface area contributed by atoms with Crippen molar-refractivity contribution in [3.63, 3.8) is 0 Å². The minimum Gasteiger partial charge on any atom is -0.495 e. The summed E-state index contributed by atoms with van der Waals surface area (Å²) in [6.45, 7) is -0.573. The highest BCUT2D eigenvalue weighted by molar-refractivity contribution is 6.32. The Bertz CT molecular complexity index is 374. The highest BCUT2D eigenvalue weighted by Crippen LogP contribution is 2.33. The fraction of sp³-hybridized carbons (Fsp3) is 0.333. The van der Waals surface area contributed by atoms with Crippen molar-refractivity contribution in [2.75, 3.05) is 13.7 Å². The second-order valence-electron chi connectivity index (χ2n) is 2.89. The van der Waals surface area contributed by atoms with E-state index in [2.05, 4.69) is 4.74 Å². The van der Waals surface area contributed by atoms with E-state index in [4.69, 9.17) is 22.4 Å². The maximum Gasteiger partial charge on any atom is 0.153 e. The molecule has 0 radical (unpaired) electrons. The lowest BCUT2D eigenvalue weighted by Gasteiger charge is -2.13. The van der Waals surface area contributed by atoms with Crippen LogP contribution >= 0.6 is 11.6 Å². The molecule has 0 aromatic heterocycles. The number of benzene rings is 1. The second-order valence-corrected chi connectivity index (χ2v) is 3.27. The summed E-state index contributed by atoms with van der Waals surface area (Å²) < 4.78 is 31.5. The third kappa shape index (κ3) is 2.19. The molecule has 0 fully saturated rings. The molecule has 0 saturated carbocycles. The number of halogens is 3. The molecule has 3 nitrogen and oxygen atoms in total. The van der Waals surface area contributed by atoms with E-state index in [1.165, 1.54) is 7.11 Å². The van der Waals surface area contributed by atoms with Crippen LogP contribution in [0.15, 0.2) is 6.07 Å². The molecular weight excluding hydrogens is 228 g/mol. The largest absolute Gasteiger partial charge is 0.495 e. The first-order valence-corrected chi connectivity index (χ1v) is 4.48. The maximum absolute atomic E-state index is 13.5. The van der Waals surface area contributed by atoms with Gasteiger partial charge in [0.05, 0.1) is 19.8 Å². The molecule has 1 rings (SSSR count). The van der Waals surface area contributed by atoms with Gasteiger partial charge in [-0.15, -0.1) is 0 Å². The number of nitrogens with two attached hydrogens (primary N) is 1. The van der Waals surface area contributed by atoms with Crippen molar-refractivity contribution in [1.82, 2.24) is 0 Å². The summed E-state index contributed by atoms with van der Waals surface area (Å²) in [5.41, 5.74) is 4.89. The Labute approximate surface area is 90.4 Å². The van der Waals surface area contributed by atoms with E-state index in [0.29, 0.717) is 0 Å². The molecule has 0 aliphatic heterocycles. The molecule has 1 unspecified atom stereocenters. The Morgan fingerprint density at radius 1 is 1.60 bits per heavy atom. The lowest BCUT2D eigenvalue weighted by Crippen LogP contribution is -2.18. The minimum absolute atomic E-state index is 0.111. The normalized spacial score (nSPS) is 12.7. The summed E-state index contributed by atoms with van der Waals surface area (Å²) in [5.74, 6) is -2.01. The van der Waals surface area contributed by atoms with E-state index >= 15 is 0 Å². The predicted molar refractivity (Wildman–Crippen MR) is 51.9 cm³/mol. The lowest BCUT2D eigenvalue weighted by atomic mass is 10.1. The van der Waals surface area contributed by atoms with Crippen LogP contribution in [-0.2, 0) is 0 Å². The highest BCUT2D eigenvalue weighted by Gasteiger charge is 2.22. The van der Waals surface area contributed by atoms with Gasteiger partial charge in [-0.05, 0) is 0 Å². The van der Waals surface area contributed by atoms with Gasteiger partial charge in [-0.1, -0.05) is 11.6 Å². The summed E-state index contributed by atoms with van der Waals surface area (Å²) in [7, 11) is 1.24. The summed E-state index contributed by atoms with van der Waals surface area (Å²) in [6, 6.07) is -0.218. The fourth-order valence-corrected chi connectivity index (χ4v) is 1.40. The Kier molecular flexibility index (Phi) is 3.84. The second kappa shape index (κ2) is 4.74. The summed E-state index contributed by atoms with van der Waals surface area (Å²) in [4.78, 5) is 0. The smallest absolute Gasteiger partial charge is 0.153 e. The van der Waals surface area contributed by atoms with Crippen molar-refractivity contribution in [2.24, 2.45) is 5.73 Å². The molecule has 0 aliphatic carbocycles. The molecule has 0 heterocycles. The number of aliphatic hydroxyl groups is 1. The number of hydrogen-bond donors (Lipinski definition) is 2. The Morgan fingerprint density at radius 3 is 2.67 bits per heavy atom. The van der Waals surface area contributed by atoms with E-state index in [0.717, 1.165) is 6.07 Å². The van der Waals surface area contributed by atoms with Crippen LogP contribution in [-0.4, -0.2) is 18.8 Å².